The van der Waals surface area contributed by atoms with Crippen LogP contribution in [0.4, 0.5) is 0 Å². The van der Waals surface area contributed by atoms with Gasteiger partial charge in [0.2, 0.25) is 0 Å². The standard InChI is InChI=1S/C20H19NO2/c1-23-18-10-5-9-17(14-18)20(22)21-13-12-16-8-4-7-15-6-2-3-11-19(15)16/h2-11,14H,12-13H2,1H3,(H,21,22). The molecule has 0 aliphatic rings. The molecule has 1 amide bonds. The van der Waals surface area contributed by atoms with E-state index in [1.54, 1.807) is 19.2 Å². The minimum atomic E-state index is -0.0795. The molecule has 3 nitrogen and oxygen atoms in total. The summed E-state index contributed by atoms with van der Waals surface area (Å²) >= 11 is 0. The monoisotopic (exact) mass is 305 g/mol. The van der Waals surface area contributed by atoms with Crippen LogP contribution in [0.5, 0.6) is 5.75 Å². The molecule has 0 aromatic heterocycles. The van der Waals surface area contributed by atoms with E-state index in [2.05, 4.69) is 35.6 Å². The van der Waals surface area contributed by atoms with Gasteiger partial charge in [-0.25, -0.2) is 0 Å². The van der Waals surface area contributed by atoms with Gasteiger partial charge in [0.05, 0.1) is 7.11 Å². The average molecular weight is 305 g/mol. The first kappa shape index (κ1) is 15.1. The molecule has 3 heteroatoms. The molecule has 3 rings (SSSR count). The van der Waals surface area contributed by atoms with Crippen molar-refractivity contribution in [3.63, 3.8) is 0 Å². The van der Waals surface area contributed by atoms with Crippen molar-refractivity contribution in [1.82, 2.24) is 5.32 Å². The van der Waals surface area contributed by atoms with Crippen molar-refractivity contribution in [3.05, 3.63) is 77.9 Å². The van der Waals surface area contributed by atoms with E-state index in [9.17, 15) is 4.79 Å². The number of hydrogen-bond donors (Lipinski definition) is 1. The highest BCUT2D eigenvalue weighted by Crippen LogP contribution is 2.18. The molecule has 0 fully saturated rings. The summed E-state index contributed by atoms with van der Waals surface area (Å²) in [5.41, 5.74) is 1.86. The zero-order valence-corrected chi connectivity index (χ0v) is 13.1. The Bertz CT molecular complexity index is 821. The van der Waals surface area contributed by atoms with Gasteiger partial charge in [-0.1, -0.05) is 48.5 Å². The van der Waals surface area contributed by atoms with E-state index in [0.717, 1.165) is 6.42 Å². The van der Waals surface area contributed by atoms with Gasteiger partial charge in [-0.3, -0.25) is 4.79 Å². The Morgan fingerprint density at radius 3 is 2.65 bits per heavy atom. The van der Waals surface area contributed by atoms with E-state index in [1.807, 2.05) is 24.3 Å². The van der Waals surface area contributed by atoms with Gasteiger partial charge in [0.25, 0.3) is 5.91 Å². The average Bonchev–Trinajstić information content (AvgIpc) is 2.62. The Kier molecular flexibility index (Phi) is 4.57. The van der Waals surface area contributed by atoms with E-state index < -0.39 is 0 Å². The van der Waals surface area contributed by atoms with Crippen LogP contribution < -0.4 is 10.1 Å². The van der Waals surface area contributed by atoms with Gasteiger partial charge in [0, 0.05) is 12.1 Å². The summed E-state index contributed by atoms with van der Waals surface area (Å²) in [6.45, 7) is 0.601. The lowest BCUT2D eigenvalue weighted by molar-refractivity contribution is 0.0954. The Balaban J connectivity index is 1.65. The molecule has 0 saturated heterocycles. The van der Waals surface area contributed by atoms with E-state index in [-0.39, 0.29) is 5.91 Å². The number of nitrogens with one attached hydrogen (secondary N) is 1. The Morgan fingerprint density at radius 1 is 1.00 bits per heavy atom. The number of amides is 1. The first-order valence-electron chi connectivity index (χ1n) is 7.67. The van der Waals surface area contributed by atoms with Crippen LogP contribution in [-0.4, -0.2) is 19.6 Å². The number of hydrogen-bond acceptors (Lipinski definition) is 2. The summed E-state index contributed by atoms with van der Waals surface area (Å²) in [7, 11) is 1.59. The summed E-state index contributed by atoms with van der Waals surface area (Å²) in [4.78, 5) is 12.2. The van der Waals surface area contributed by atoms with E-state index in [0.29, 0.717) is 17.9 Å². The van der Waals surface area contributed by atoms with Crippen LogP contribution in [0.3, 0.4) is 0 Å². The molecule has 0 atom stereocenters. The maximum absolute atomic E-state index is 12.2. The summed E-state index contributed by atoms with van der Waals surface area (Å²) in [6.07, 6.45) is 0.803. The van der Waals surface area contributed by atoms with Crippen LogP contribution in [0.2, 0.25) is 0 Å². The number of rotatable bonds is 5. The molecule has 0 saturated carbocycles. The van der Waals surface area contributed by atoms with Crippen LogP contribution >= 0.6 is 0 Å². The fourth-order valence-corrected chi connectivity index (χ4v) is 2.69. The maximum Gasteiger partial charge on any atom is 0.251 e. The van der Waals surface area contributed by atoms with Crippen molar-refractivity contribution < 1.29 is 9.53 Å². The maximum atomic E-state index is 12.2. The third kappa shape index (κ3) is 3.51. The second-order valence-corrected chi connectivity index (χ2v) is 5.38. The highest BCUT2D eigenvalue weighted by atomic mass is 16.5. The summed E-state index contributed by atoms with van der Waals surface area (Å²) < 4.78 is 5.15. The Hall–Kier alpha value is -2.81. The van der Waals surface area contributed by atoms with E-state index >= 15 is 0 Å². The molecule has 3 aromatic rings. The first-order chi connectivity index (χ1) is 11.3. The topological polar surface area (TPSA) is 38.3 Å². The quantitative estimate of drug-likeness (QED) is 0.778. The normalized spacial score (nSPS) is 10.5. The highest BCUT2D eigenvalue weighted by Gasteiger charge is 2.06. The molecule has 0 heterocycles. The number of carbonyl (C=O) groups is 1. The van der Waals surface area contributed by atoms with Crippen molar-refractivity contribution in [2.45, 2.75) is 6.42 Å². The minimum Gasteiger partial charge on any atom is -0.497 e. The lowest BCUT2D eigenvalue weighted by Crippen LogP contribution is -2.25. The third-order valence-electron chi connectivity index (χ3n) is 3.89. The van der Waals surface area contributed by atoms with Crippen LogP contribution in [0.1, 0.15) is 15.9 Å². The summed E-state index contributed by atoms with van der Waals surface area (Å²) in [5, 5.41) is 5.44. The lowest BCUT2D eigenvalue weighted by atomic mass is 10.0. The van der Waals surface area contributed by atoms with Gasteiger partial charge in [-0.15, -0.1) is 0 Å². The Labute approximate surface area is 135 Å². The Morgan fingerprint density at radius 2 is 1.78 bits per heavy atom. The molecule has 1 N–H and O–H groups in total. The van der Waals surface area contributed by atoms with Crippen LogP contribution in [0.25, 0.3) is 10.8 Å². The molecular formula is C20H19NO2. The van der Waals surface area contributed by atoms with Gasteiger partial charge >= 0.3 is 0 Å². The second kappa shape index (κ2) is 6.97. The number of ether oxygens (including phenoxy) is 1. The fourth-order valence-electron chi connectivity index (χ4n) is 2.69. The fraction of sp³-hybridized carbons (Fsp3) is 0.150. The van der Waals surface area contributed by atoms with Crippen molar-refractivity contribution in [3.8, 4) is 5.75 Å². The van der Waals surface area contributed by atoms with Crippen LogP contribution in [0.15, 0.2) is 66.7 Å². The molecule has 23 heavy (non-hydrogen) atoms. The largest absolute Gasteiger partial charge is 0.497 e. The zero-order valence-electron chi connectivity index (χ0n) is 13.1. The highest BCUT2D eigenvalue weighted by molar-refractivity contribution is 5.94. The lowest BCUT2D eigenvalue weighted by Gasteiger charge is -2.09. The third-order valence-corrected chi connectivity index (χ3v) is 3.89. The second-order valence-electron chi connectivity index (χ2n) is 5.38. The number of fused-ring (bicyclic) bond motifs is 1. The van der Waals surface area contributed by atoms with Crippen molar-refractivity contribution in [2.75, 3.05) is 13.7 Å². The van der Waals surface area contributed by atoms with Gasteiger partial charge < -0.3 is 10.1 Å². The summed E-state index contributed by atoms with van der Waals surface area (Å²) in [5.74, 6) is 0.607. The first-order valence-corrected chi connectivity index (χ1v) is 7.67. The molecule has 0 aliphatic heterocycles. The molecule has 0 aliphatic carbocycles. The SMILES string of the molecule is COc1cccc(C(=O)NCCc2cccc3ccccc23)c1. The van der Waals surface area contributed by atoms with Gasteiger partial charge in [-0.2, -0.15) is 0 Å². The number of methoxy groups -OCH3 is 1. The van der Waals surface area contributed by atoms with Gasteiger partial charge in [-0.05, 0) is 41.0 Å². The molecule has 0 radical (unpaired) electrons. The predicted octanol–water partition coefficient (Wildman–Crippen LogP) is 3.82. The molecule has 116 valence electrons. The molecule has 3 aromatic carbocycles. The summed E-state index contributed by atoms with van der Waals surface area (Å²) in [6, 6.07) is 21.8. The molecule has 0 unspecified atom stereocenters. The van der Waals surface area contributed by atoms with Crippen molar-refractivity contribution in [2.24, 2.45) is 0 Å². The molecular weight excluding hydrogens is 286 g/mol. The van der Waals surface area contributed by atoms with E-state index in [4.69, 9.17) is 4.74 Å². The number of carbonyl (C=O) groups excluding carboxylic acids is 1. The van der Waals surface area contributed by atoms with Gasteiger partial charge in [0.1, 0.15) is 5.75 Å². The minimum absolute atomic E-state index is 0.0795. The molecule has 0 spiro atoms. The van der Waals surface area contributed by atoms with E-state index in [1.165, 1.54) is 16.3 Å². The van der Waals surface area contributed by atoms with Crippen LogP contribution in [0, 0.1) is 0 Å². The number of benzene rings is 3. The molecule has 0 bridgehead atoms. The van der Waals surface area contributed by atoms with Crippen molar-refractivity contribution >= 4 is 16.7 Å². The van der Waals surface area contributed by atoms with Gasteiger partial charge in [0.15, 0.2) is 0 Å². The van der Waals surface area contributed by atoms with Crippen LogP contribution in [-0.2, 0) is 6.42 Å². The predicted molar refractivity (Wildman–Crippen MR) is 93.0 cm³/mol. The zero-order chi connectivity index (χ0) is 16.1. The smallest absolute Gasteiger partial charge is 0.251 e. The van der Waals surface area contributed by atoms with Crippen molar-refractivity contribution in [1.29, 1.82) is 0 Å².